The Labute approximate surface area is 91.8 Å². The Balaban J connectivity index is 3.18. The average molecular weight is 202 g/mol. The molecular formula is C14H18O. The maximum absolute atomic E-state index is 10.6. The summed E-state index contributed by atoms with van der Waals surface area (Å²) in [5.41, 5.74) is -0.0481. The van der Waals surface area contributed by atoms with Gasteiger partial charge in [-0.05, 0) is 12.5 Å². The van der Waals surface area contributed by atoms with Gasteiger partial charge in [0.15, 0.2) is 0 Å². The normalized spacial score (nSPS) is 17.3. The lowest BCUT2D eigenvalue weighted by Crippen LogP contribution is -2.30. The van der Waals surface area contributed by atoms with Crippen LogP contribution in [0, 0.1) is 5.92 Å². The largest absolute Gasteiger partial charge is 0.380 e. The van der Waals surface area contributed by atoms with Crippen LogP contribution in [0.15, 0.2) is 55.1 Å². The second-order valence-corrected chi connectivity index (χ2v) is 3.72. The summed E-state index contributed by atoms with van der Waals surface area (Å²) >= 11 is 0. The van der Waals surface area contributed by atoms with E-state index in [-0.39, 0.29) is 5.92 Å². The lowest BCUT2D eigenvalue weighted by Gasteiger charge is -2.30. The monoisotopic (exact) mass is 202 g/mol. The van der Waals surface area contributed by atoms with Gasteiger partial charge in [0.2, 0.25) is 0 Å². The van der Waals surface area contributed by atoms with E-state index >= 15 is 0 Å². The van der Waals surface area contributed by atoms with Crippen molar-refractivity contribution >= 4 is 0 Å². The van der Waals surface area contributed by atoms with Crippen LogP contribution in [0.2, 0.25) is 0 Å². The molecule has 2 atom stereocenters. The Kier molecular flexibility index (Phi) is 3.87. The highest BCUT2D eigenvalue weighted by Crippen LogP contribution is 2.31. The maximum atomic E-state index is 10.6. The van der Waals surface area contributed by atoms with Crippen LogP contribution in [-0.4, -0.2) is 5.11 Å². The minimum atomic E-state index is -0.947. The molecule has 0 saturated heterocycles. The van der Waals surface area contributed by atoms with E-state index in [1.54, 1.807) is 6.08 Å². The molecule has 1 heteroatoms. The third kappa shape index (κ3) is 2.37. The molecule has 1 N–H and O–H groups in total. The SMILES string of the molecule is C=C[C@@H](C)[C@@](O)(/C=C/C)c1ccccc1. The molecule has 1 nitrogen and oxygen atoms in total. The summed E-state index contributed by atoms with van der Waals surface area (Å²) in [6.07, 6.45) is 5.45. The number of aliphatic hydroxyl groups is 1. The Morgan fingerprint density at radius 3 is 2.40 bits per heavy atom. The van der Waals surface area contributed by atoms with Crippen molar-refractivity contribution in [3.05, 3.63) is 60.7 Å². The van der Waals surface area contributed by atoms with E-state index in [0.29, 0.717) is 0 Å². The molecule has 0 aliphatic carbocycles. The van der Waals surface area contributed by atoms with E-state index in [1.807, 2.05) is 56.3 Å². The Morgan fingerprint density at radius 1 is 1.33 bits per heavy atom. The van der Waals surface area contributed by atoms with Crippen LogP contribution in [0.1, 0.15) is 19.4 Å². The first-order valence-corrected chi connectivity index (χ1v) is 5.19. The van der Waals surface area contributed by atoms with Gasteiger partial charge in [-0.15, -0.1) is 6.58 Å². The summed E-state index contributed by atoms with van der Waals surface area (Å²) in [5, 5.41) is 10.6. The molecule has 1 rings (SSSR count). The molecule has 15 heavy (non-hydrogen) atoms. The van der Waals surface area contributed by atoms with Gasteiger partial charge >= 0.3 is 0 Å². The van der Waals surface area contributed by atoms with Crippen molar-refractivity contribution in [1.29, 1.82) is 0 Å². The fraction of sp³-hybridized carbons (Fsp3) is 0.286. The van der Waals surface area contributed by atoms with Crippen molar-refractivity contribution in [3.8, 4) is 0 Å². The third-order valence-electron chi connectivity index (χ3n) is 2.70. The van der Waals surface area contributed by atoms with Crippen molar-refractivity contribution in [2.45, 2.75) is 19.4 Å². The number of rotatable bonds is 4. The van der Waals surface area contributed by atoms with Gasteiger partial charge in [0.25, 0.3) is 0 Å². The van der Waals surface area contributed by atoms with Crippen molar-refractivity contribution in [3.63, 3.8) is 0 Å². The zero-order valence-corrected chi connectivity index (χ0v) is 9.35. The summed E-state index contributed by atoms with van der Waals surface area (Å²) in [4.78, 5) is 0. The van der Waals surface area contributed by atoms with E-state index < -0.39 is 5.60 Å². The van der Waals surface area contributed by atoms with Crippen LogP contribution < -0.4 is 0 Å². The minimum Gasteiger partial charge on any atom is -0.380 e. The zero-order valence-electron chi connectivity index (χ0n) is 9.35. The molecule has 0 spiro atoms. The molecular weight excluding hydrogens is 184 g/mol. The van der Waals surface area contributed by atoms with E-state index in [2.05, 4.69) is 6.58 Å². The Morgan fingerprint density at radius 2 is 1.93 bits per heavy atom. The highest BCUT2D eigenvalue weighted by Gasteiger charge is 2.30. The molecule has 0 aromatic heterocycles. The van der Waals surface area contributed by atoms with Crippen molar-refractivity contribution in [2.24, 2.45) is 5.92 Å². The van der Waals surface area contributed by atoms with Gasteiger partial charge in [-0.1, -0.05) is 55.5 Å². The number of hydrogen-bond acceptors (Lipinski definition) is 1. The van der Waals surface area contributed by atoms with Crippen LogP contribution >= 0.6 is 0 Å². The molecule has 80 valence electrons. The second kappa shape index (κ2) is 4.94. The zero-order chi connectivity index (χ0) is 11.3. The summed E-state index contributed by atoms with van der Waals surface area (Å²) < 4.78 is 0. The van der Waals surface area contributed by atoms with Gasteiger partial charge in [-0.3, -0.25) is 0 Å². The first-order valence-electron chi connectivity index (χ1n) is 5.19. The molecule has 1 aromatic carbocycles. The molecule has 0 aliphatic heterocycles. The van der Waals surface area contributed by atoms with Crippen molar-refractivity contribution in [2.75, 3.05) is 0 Å². The van der Waals surface area contributed by atoms with Gasteiger partial charge in [0.1, 0.15) is 5.60 Å². The number of hydrogen-bond donors (Lipinski definition) is 1. The summed E-state index contributed by atoms with van der Waals surface area (Å²) in [6, 6.07) is 9.66. The first kappa shape index (κ1) is 11.7. The topological polar surface area (TPSA) is 20.2 Å². The van der Waals surface area contributed by atoms with Crippen LogP contribution in [0.5, 0.6) is 0 Å². The van der Waals surface area contributed by atoms with Crippen LogP contribution in [0.4, 0.5) is 0 Å². The average Bonchev–Trinajstić information content (AvgIpc) is 2.29. The minimum absolute atomic E-state index is 0.0175. The van der Waals surface area contributed by atoms with Gasteiger partial charge in [0.05, 0.1) is 0 Å². The highest BCUT2D eigenvalue weighted by atomic mass is 16.3. The second-order valence-electron chi connectivity index (χ2n) is 3.72. The third-order valence-corrected chi connectivity index (χ3v) is 2.70. The highest BCUT2D eigenvalue weighted by molar-refractivity contribution is 5.29. The quantitative estimate of drug-likeness (QED) is 0.743. The molecule has 0 heterocycles. The smallest absolute Gasteiger partial charge is 0.114 e. The lowest BCUT2D eigenvalue weighted by atomic mass is 9.82. The Bertz CT molecular complexity index is 340. The van der Waals surface area contributed by atoms with Gasteiger partial charge in [0, 0.05) is 5.92 Å². The van der Waals surface area contributed by atoms with Gasteiger partial charge in [-0.2, -0.15) is 0 Å². The predicted octanol–water partition coefficient (Wildman–Crippen LogP) is 3.27. The van der Waals surface area contributed by atoms with E-state index in [0.717, 1.165) is 5.56 Å². The summed E-state index contributed by atoms with van der Waals surface area (Å²) in [5.74, 6) is -0.0175. The standard InChI is InChI=1S/C14H18O/c1-4-11-14(15,12(3)5-2)13-9-7-6-8-10-13/h4-12,15H,2H2,1,3H3/b11-4+/t12-,14+/m1/s1. The number of allylic oxidation sites excluding steroid dienone is 1. The van der Waals surface area contributed by atoms with Crippen molar-refractivity contribution in [1.82, 2.24) is 0 Å². The van der Waals surface area contributed by atoms with Crippen LogP contribution in [0.25, 0.3) is 0 Å². The molecule has 0 radical (unpaired) electrons. The van der Waals surface area contributed by atoms with Crippen molar-refractivity contribution < 1.29 is 5.11 Å². The van der Waals surface area contributed by atoms with E-state index in [1.165, 1.54) is 0 Å². The first-order chi connectivity index (χ1) is 7.15. The molecule has 0 bridgehead atoms. The molecule has 0 fully saturated rings. The fourth-order valence-corrected chi connectivity index (χ4v) is 1.65. The molecule has 0 aliphatic rings. The molecule has 0 saturated carbocycles. The maximum Gasteiger partial charge on any atom is 0.114 e. The molecule has 0 amide bonds. The lowest BCUT2D eigenvalue weighted by molar-refractivity contribution is 0.0518. The summed E-state index contributed by atoms with van der Waals surface area (Å²) in [7, 11) is 0. The van der Waals surface area contributed by atoms with Crippen LogP contribution in [-0.2, 0) is 5.60 Å². The predicted molar refractivity (Wildman–Crippen MR) is 64.5 cm³/mol. The molecule has 0 unspecified atom stereocenters. The van der Waals surface area contributed by atoms with E-state index in [4.69, 9.17) is 0 Å². The van der Waals surface area contributed by atoms with Gasteiger partial charge < -0.3 is 5.11 Å². The summed E-state index contributed by atoms with van der Waals surface area (Å²) in [6.45, 7) is 7.61. The molecule has 1 aromatic rings. The fourth-order valence-electron chi connectivity index (χ4n) is 1.65. The van der Waals surface area contributed by atoms with Gasteiger partial charge in [-0.25, -0.2) is 0 Å². The van der Waals surface area contributed by atoms with E-state index in [9.17, 15) is 5.11 Å². The number of benzene rings is 1. The van der Waals surface area contributed by atoms with Crippen LogP contribution in [0.3, 0.4) is 0 Å². The Hall–Kier alpha value is -1.34.